The van der Waals surface area contributed by atoms with E-state index in [4.69, 9.17) is 5.73 Å². The molecule has 5 heteroatoms. The molecule has 1 heterocycles. The van der Waals surface area contributed by atoms with E-state index >= 15 is 0 Å². The van der Waals surface area contributed by atoms with E-state index in [2.05, 4.69) is 4.98 Å². The van der Waals surface area contributed by atoms with Gasteiger partial charge in [0.15, 0.2) is 0 Å². The van der Waals surface area contributed by atoms with E-state index in [0.717, 1.165) is 25.3 Å². The standard InChI is InChI=1S/C12H15F3N2/c13-12(14,15)11-4-5-17-7-10(11)8-2-1-3-9(16)6-8/h4-5,7-9H,1-3,6,16H2. The average Bonchev–Trinajstić information content (AvgIpc) is 2.28. The fourth-order valence-corrected chi connectivity index (χ4v) is 2.50. The molecule has 1 fully saturated rings. The van der Waals surface area contributed by atoms with Crippen LogP contribution in [0.4, 0.5) is 13.2 Å². The van der Waals surface area contributed by atoms with Crippen LogP contribution in [0.3, 0.4) is 0 Å². The maximum absolute atomic E-state index is 12.8. The summed E-state index contributed by atoms with van der Waals surface area (Å²) in [6, 6.07) is 1.06. The van der Waals surface area contributed by atoms with Gasteiger partial charge in [-0.3, -0.25) is 4.98 Å². The molecule has 2 rings (SSSR count). The summed E-state index contributed by atoms with van der Waals surface area (Å²) >= 11 is 0. The Bertz CT molecular complexity index is 390. The van der Waals surface area contributed by atoms with Gasteiger partial charge in [-0.2, -0.15) is 13.2 Å². The fourth-order valence-electron chi connectivity index (χ4n) is 2.50. The second-order valence-electron chi connectivity index (χ2n) is 4.58. The molecule has 1 aromatic heterocycles. The van der Waals surface area contributed by atoms with E-state index in [-0.39, 0.29) is 12.0 Å². The first-order valence-corrected chi connectivity index (χ1v) is 5.75. The second-order valence-corrected chi connectivity index (χ2v) is 4.58. The third-order valence-corrected chi connectivity index (χ3v) is 3.31. The Balaban J connectivity index is 2.31. The van der Waals surface area contributed by atoms with Crippen molar-refractivity contribution in [3.8, 4) is 0 Å². The second kappa shape index (κ2) is 4.64. The Morgan fingerprint density at radius 3 is 2.71 bits per heavy atom. The lowest BCUT2D eigenvalue weighted by Gasteiger charge is -2.28. The van der Waals surface area contributed by atoms with Crippen molar-refractivity contribution in [2.45, 2.75) is 43.8 Å². The third kappa shape index (κ3) is 2.77. The maximum Gasteiger partial charge on any atom is 0.416 e. The van der Waals surface area contributed by atoms with Crippen molar-refractivity contribution in [3.05, 3.63) is 29.6 Å². The predicted molar refractivity (Wildman–Crippen MR) is 58.4 cm³/mol. The van der Waals surface area contributed by atoms with E-state index in [9.17, 15) is 13.2 Å². The quantitative estimate of drug-likeness (QED) is 0.824. The van der Waals surface area contributed by atoms with E-state index in [1.54, 1.807) is 0 Å². The van der Waals surface area contributed by atoms with Crippen LogP contribution in [0.5, 0.6) is 0 Å². The summed E-state index contributed by atoms with van der Waals surface area (Å²) in [4.78, 5) is 3.82. The minimum absolute atomic E-state index is 0.00930. The molecule has 2 N–H and O–H groups in total. The van der Waals surface area contributed by atoms with Crippen molar-refractivity contribution >= 4 is 0 Å². The van der Waals surface area contributed by atoms with E-state index in [1.165, 1.54) is 12.4 Å². The van der Waals surface area contributed by atoms with Crippen molar-refractivity contribution in [2.24, 2.45) is 5.73 Å². The van der Waals surface area contributed by atoms with E-state index in [1.807, 2.05) is 0 Å². The van der Waals surface area contributed by atoms with Gasteiger partial charge < -0.3 is 5.73 Å². The molecule has 1 aliphatic carbocycles. The summed E-state index contributed by atoms with van der Waals surface area (Å²) in [6.07, 6.45) is 1.40. The molecule has 1 aliphatic rings. The molecule has 2 atom stereocenters. The first-order chi connectivity index (χ1) is 7.98. The van der Waals surface area contributed by atoms with Crippen LogP contribution in [-0.2, 0) is 6.18 Å². The highest BCUT2D eigenvalue weighted by atomic mass is 19.4. The summed E-state index contributed by atoms with van der Waals surface area (Å²) in [7, 11) is 0. The fraction of sp³-hybridized carbons (Fsp3) is 0.583. The number of rotatable bonds is 1. The Labute approximate surface area is 98.0 Å². The molecule has 1 aromatic rings. The molecule has 0 aromatic carbocycles. The zero-order chi connectivity index (χ0) is 12.5. The summed E-state index contributed by atoms with van der Waals surface area (Å²) < 4.78 is 38.5. The lowest BCUT2D eigenvalue weighted by Crippen LogP contribution is -2.28. The van der Waals surface area contributed by atoms with Gasteiger partial charge in [0.2, 0.25) is 0 Å². The number of hydrogen-bond donors (Lipinski definition) is 1. The van der Waals surface area contributed by atoms with Crippen molar-refractivity contribution in [2.75, 3.05) is 0 Å². The van der Waals surface area contributed by atoms with Gasteiger partial charge in [0.1, 0.15) is 0 Å². The number of halogens is 3. The molecule has 0 aliphatic heterocycles. The van der Waals surface area contributed by atoms with Crippen LogP contribution in [0.2, 0.25) is 0 Å². The van der Waals surface area contributed by atoms with Gasteiger partial charge in [-0.25, -0.2) is 0 Å². The summed E-state index contributed by atoms with van der Waals surface area (Å²) in [6.45, 7) is 0. The average molecular weight is 244 g/mol. The number of alkyl halides is 3. The smallest absolute Gasteiger partial charge is 0.328 e. The van der Waals surface area contributed by atoms with Gasteiger partial charge in [0, 0.05) is 18.4 Å². The molecule has 0 amide bonds. The highest BCUT2D eigenvalue weighted by molar-refractivity contribution is 5.30. The van der Waals surface area contributed by atoms with Crippen molar-refractivity contribution in [1.82, 2.24) is 4.98 Å². The normalized spacial score (nSPS) is 25.9. The number of nitrogens with two attached hydrogens (primary N) is 1. The number of aromatic nitrogens is 1. The molecular weight excluding hydrogens is 229 g/mol. The number of pyridine rings is 1. The molecule has 2 nitrogen and oxygen atoms in total. The van der Waals surface area contributed by atoms with Crippen LogP contribution < -0.4 is 5.73 Å². The van der Waals surface area contributed by atoms with Crippen LogP contribution in [0.15, 0.2) is 18.5 Å². The van der Waals surface area contributed by atoms with Gasteiger partial charge >= 0.3 is 6.18 Å². The Morgan fingerprint density at radius 1 is 1.29 bits per heavy atom. The highest BCUT2D eigenvalue weighted by Crippen LogP contribution is 2.39. The molecule has 0 radical (unpaired) electrons. The van der Waals surface area contributed by atoms with Crippen molar-refractivity contribution in [1.29, 1.82) is 0 Å². The molecule has 0 spiro atoms. The molecule has 0 bridgehead atoms. The van der Waals surface area contributed by atoms with Crippen LogP contribution in [0.25, 0.3) is 0 Å². The first kappa shape index (κ1) is 12.4. The Kier molecular flexibility index (Phi) is 3.38. The molecule has 1 saturated carbocycles. The summed E-state index contributed by atoms with van der Waals surface area (Å²) in [5, 5.41) is 0. The van der Waals surface area contributed by atoms with Crippen molar-refractivity contribution < 1.29 is 13.2 Å². The summed E-state index contributed by atoms with van der Waals surface area (Å²) in [5.41, 5.74) is 5.56. The molecule has 94 valence electrons. The maximum atomic E-state index is 12.8. The minimum atomic E-state index is -4.31. The SMILES string of the molecule is NC1CCCC(c2cnccc2C(F)(F)F)C1. The molecular formula is C12H15F3N2. The predicted octanol–water partition coefficient (Wildman–Crippen LogP) is 3.09. The largest absolute Gasteiger partial charge is 0.416 e. The third-order valence-electron chi connectivity index (χ3n) is 3.31. The van der Waals surface area contributed by atoms with Gasteiger partial charge in [0.05, 0.1) is 5.56 Å². The van der Waals surface area contributed by atoms with Crippen LogP contribution >= 0.6 is 0 Å². The van der Waals surface area contributed by atoms with Crippen molar-refractivity contribution in [3.63, 3.8) is 0 Å². The van der Waals surface area contributed by atoms with E-state index in [0.29, 0.717) is 12.0 Å². The van der Waals surface area contributed by atoms with Gasteiger partial charge in [0.25, 0.3) is 0 Å². The zero-order valence-electron chi connectivity index (χ0n) is 9.37. The number of hydrogen-bond acceptors (Lipinski definition) is 2. The topological polar surface area (TPSA) is 38.9 Å². The van der Waals surface area contributed by atoms with Gasteiger partial charge in [-0.05, 0) is 36.8 Å². The van der Waals surface area contributed by atoms with Gasteiger partial charge in [-0.1, -0.05) is 6.42 Å². The molecule has 2 unspecified atom stereocenters. The zero-order valence-corrected chi connectivity index (χ0v) is 9.37. The lowest BCUT2D eigenvalue weighted by atomic mass is 9.80. The number of nitrogens with zero attached hydrogens (tertiary/aromatic N) is 1. The molecule has 17 heavy (non-hydrogen) atoms. The van der Waals surface area contributed by atoms with Crippen LogP contribution in [0.1, 0.15) is 42.7 Å². The first-order valence-electron chi connectivity index (χ1n) is 5.75. The molecule has 0 saturated heterocycles. The Hall–Kier alpha value is -1.10. The monoisotopic (exact) mass is 244 g/mol. The highest BCUT2D eigenvalue weighted by Gasteiger charge is 2.36. The minimum Gasteiger partial charge on any atom is -0.328 e. The lowest BCUT2D eigenvalue weighted by molar-refractivity contribution is -0.138. The van der Waals surface area contributed by atoms with Crippen LogP contribution in [0, 0.1) is 0 Å². The Morgan fingerprint density at radius 2 is 2.06 bits per heavy atom. The van der Waals surface area contributed by atoms with Crippen LogP contribution in [-0.4, -0.2) is 11.0 Å². The van der Waals surface area contributed by atoms with E-state index < -0.39 is 11.7 Å². The summed E-state index contributed by atoms with van der Waals surface area (Å²) in [5.74, 6) is -0.107. The van der Waals surface area contributed by atoms with Gasteiger partial charge in [-0.15, -0.1) is 0 Å².